The molecule has 3 rings (SSSR count). The van der Waals surface area contributed by atoms with Crippen LogP contribution in [0.4, 0.5) is 0 Å². The Bertz CT molecular complexity index is 617. The summed E-state index contributed by atoms with van der Waals surface area (Å²) in [6, 6.07) is 9.42. The van der Waals surface area contributed by atoms with Gasteiger partial charge in [-0.05, 0) is 18.6 Å². The maximum atomic E-state index is 12.2. The fourth-order valence-corrected chi connectivity index (χ4v) is 2.24. The van der Waals surface area contributed by atoms with E-state index in [1.54, 1.807) is 4.90 Å². The largest absolute Gasteiger partial charge is 0.386 e. The summed E-state index contributed by atoms with van der Waals surface area (Å²) in [6.45, 7) is 2.63. The molecule has 0 unspecified atom stereocenters. The van der Waals surface area contributed by atoms with Crippen LogP contribution in [-0.4, -0.2) is 49.6 Å². The van der Waals surface area contributed by atoms with Crippen LogP contribution in [0.5, 0.6) is 0 Å². The summed E-state index contributed by atoms with van der Waals surface area (Å²) in [7, 11) is 0. The zero-order chi connectivity index (χ0) is 14.2. The van der Waals surface area contributed by atoms with E-state index in [0.717, 1.165) is 5.69 Å². The number of likely N-dealkylation sites (tertiary alicyclic amines) is 1. The number of carbonyl (C=O) groups excluding carboxylic acids is 1. The van der Waals surface area contributed by atoms with Crippen molar-refractivity contribution < 1.29 is 9.90 Å². The Hall–Kier alpha value is -2.21. The highest BCUT2D eigenvalue weighted by atomic mass is 16.3. The van der Waals surface area contributed by atoms with Gasteiger partial charge in [-0.1, -0.05) is 25.1 Å². The Morgan fingerprint density at radius 2 is 2.05 bits per heavy atom. The fraction of sp³-hybridized carbons (Fsp3) is 0.357. The van der Waals surface area contributed by atoms with Crippen LogP contribution < -0.4 is 0 Å². The molecule has 0 saturated carbocycles. The van der Waals surface area contributed by atoms with Gasteiger partial charge in [-0.15, -0.1) is 5.10 Å². The average Bonchev–Trinajstić information content (AvgIpc) is 2.94. The lowest BCUT2D eigenvalue weighted by atomic mass is 9.91. The highest BCUT2D eigenvalue weighted by molar-refractivity contribution is 5.92. The molecular formula is C14H16N4O2. The highest BCUT2D eigenvalue weighted by Crippen LogP contribution is 2.25. The molecule has 104 valence electrons. The van der Waals surface area contributed by atoms with Gasteiger partial charge in [-0.3, -0.25) is 4.79 Å². The van der Waals surface area contributed by atoms with Crippen LogP contribution in [-0.2, 0) is 0 Å². The quantitative estimate of drug-likeness (QED) is 0.899. The zero-order valence-electron chi connectivity index (χ0n) is 11.2. The van der Waals surface area contributed by atoms with Crippen molar-refractivity contribution in [2.24, 2.45) is 0 Å². The van der Waals surface area contributed by atoms with Crippen molar-refractivity contribution in [2.75, 3.05) is 13.1 Å². The lowest BCUT2D eigenvalue weighted by molar-refractivity contribution is -0.0828. The summed E-state index contributed by atoms with van der Waals surface area (Å²) in [6.07, 6.45) is 2.10. The first-order valence-corrected chi connectivity index (χ1v) is 6.61. The molecule has 2 aromatic rings. The Kier molecular flexibility index (Phi) is 3.02. The number of β-amino-alcohol motifs (C(OH)–C–C–N with tert-alkyl or cyclic N) is 1. The van der Waals surface area contributed by atoms with E-state index in [9.17, 15) is 9.90 Å². The van der Waals surface area contributed by atoms with Gasteiger partial charge in [0.2, 0.25) is 0 Å². The molecular weight excluding hydrogens is 256 g/mol. The maximum Gasteiger partial charge on any atom is 0.276 e. The minimum Gasteiger partial charge on any atom is -0.386 e. The van der Waals surface area contributed by atoms with Gasteiger partial charge in [0.15, 0.2) is 5.69 Å². The first-order valence-electron chi connectivity index (χ1n) is 6.61. The number of aromatic nitrogens is 3. The number of amides is 1. The van der Waals surface area contributed by atoms with Crippen LogP contribution in [0.3, 0.4) is 0 Å². The standard InChI is InChI=1S/C14H16N4O2/c1-2-14(20)9-17(10-14)13(19)12-8-15-18(16-12)11-6-4-3-5-7-11/h3-8,20H,2,9-10H2,1H3. The van der Waals surface area contributed by atoms with Crippen LogP contribution in [0.2, 0.25) is 0 Å². The Morgan fingerprint density at radius 3 is 2.70 bits per heavy atom. The van der Waals surface area contributed by atoms with Gasteiger partial charge in [-0.25, -0.2) is 0 Å². The molecule has 1 aliphatic heterocycles. The van der Waals surface area contributed by atoms with Gasteiger partial charge in [0.1, 0.15) is 0 Å². The molecule has 6 nitrogen and oxygen atoms in total. The summed E-state index contributed by atoms with van der Waals surface area (Å²) in [5.41, 5.74) is 0.373. The Morgan fingerprint density at radius 1 is 1.35 bits per heavy atom. The molecule has 0 spiro atoms. The number of carbonyl (C=O) groups is 1. The van der Waals surface area contributed by atoms with Gasteiger partial charge in [0, 0.05) is 0 Å². The lowest BCUT2D eigenvalue weighted by Crippen LogP contribution is -2.63. The molecule has 0 radical (unpaired) electrons. The molecule has 0 aliphatic carbocycles. The van der Waals surface area contributed by atoms with Gasteiger partial charge < -0.3 is 10.0 Å². The van der Waals surface area contributed by atoms with E-state index < -0.39 is 5.60 Å². The first kappa shape index (κ1) is 12.8. The van der Waals surface area contributed by atoms with E-state index in [0.29, 0.717) is 25.2 Å². The summed E-state index contributed by atoms with van der Waals surface area (Å²) in [5, 5.41) is 18.2. The third-order valence-corrected chi connectivity index (χ3v) is 3.61. The van der Waals surface area contributed by atoms with Crippen LogP contribution in [0.25, 0.3) is 5.69 Å². The topological polar surface area (TPSA) is 71.2 Å². The van der Waals surface area contributed by atoms with Crippen molar-refractivity contribution in [2.45, 2.75) is 18.9 Å². The minimum atomic E-state index is -0.731. The lowest BCUT2D eigenvalue weighted by Gasteiger charge is -2.45. The number of nitrogens with zero attached hydrogens (tertiary/aromatic N) is 4. The van der Waals surface area contributed by atoms with E-state index in [-0.39, 0.29) is 5.91 Å². The van der Waals surface area contributed by atoms with E-state index in [1.807, 2.05) is 37.3 Å². The number of para-hydroxylation sites is 1. The number of hydrogen-bond donors (Lipinski definition) is 1. The van der Waals surface area contributed by atoms with Crippen molar-refractivity contribution in [1.82, 2.24) is 19.9 Å². The molecule has 6 heteroatoms. The van der Waals surface area contributed by atoms with Crippen LogP contribution in [0, 0.1) is 0 Å². The van der Waals surface area contributed by atoms with Gasteiger partial charge in [-0.2, -0.15) is 9.90 Å². The first-order chi connectivity index (χ1) is 9.61. The summed E-state index contributed by atoms with van der Waals surface area (Å²) in [5.74, 6) is -0.190. The molecule has 1 N–H and O–H groups in total. The van der Waals surface area contributed by atoms with Crippen molar-refractivity contribution >= 4 is 5.91 Å². The summed E-state index contributed by atoms with van der Waals surface area (Å²) < 4.78 is 0. The van der Waals surface area contributed by atoms with Crippen molar-refractivity contribution in [1.29, 1.82) is 0 Å². The normalized spacial score (nSPS) is 16.8. The third-order valence-electron chi connectivity index (χ3n) is 3.61. The molecule has 1 aliphatic rings. The molecule has 20 heavy (non-hydrogen) atoms. The number of rotatable bonds is 3. The van der Waals surface area contributed by atoms with Crippen molar-refractivity contribution in [3.8, 4) is 5.69 Å². The molecule has 1 fully saturated rings. The van der Waals surface area contributed by atoms with Crippen LogP contribution >= 0.6 is 0 Å². The second-order valence-electron chi connectivity index (χ2n) is 5.09. The molecule has 0 atom stereocenters. The average molecular weight is 272 g/mol. The number of hydrogen-bond acceptors (Lipinski definition) is 4. The van der Waals surface area contributed by atoms with Crippen LogP contribution in [0.1, 0.15) is 23.8 Å². The zero-order valence-corrected chi connectivity index (χ0v) is 11.2. The Labute approximate surface area is 116 Å². The number of aliphatic hydroxyl groups is 1. The van der Waals surface area contributed by atoms with Crippen molar-refractivity contribution in [3.63, 3.8) is 0 Å². The van der Waals surface area contributed by atoms with Gasteiger partial charge >= 0.3 is 0 Å². The molecule has 2 heterocycles. The predicted octanol–water partition coefficient (Wildman–Crippen LogP) is 0.864. The molecule has 1 amide bonds. The van der Waals surface area contributed by atoms with E-state index >= 15 is 0 Å². The Balaban J connectivity index is 1.73. The molecule has 1 saturated heterocycles. The summed E-state index contributed by atoms with van der Waals surface area (Å²) in [4.78, 5) is 15.2. The molecule has 1 aromatic heterocycles. The monoisotopic (exact) mass is 272 g/mol. The number of benzene rings is 1. The second-order valence-corrected chi connectivity index (χ2v) is 5.09. The minimum absolute atomic E-state index is 0.190. The van der Waals surface area contributed by atoms with Gasteiger partial charge in [0.25, 0.3) is 5.91 Å². The predicted molar refractivity (Wildman–Crippen MR) is 72.5 cm³/mol. The second kappa shape index (κ2) is 4.72. The van der Waals surface area contributed by atoms with Crippen molar-refractivity contribution in [3.05, 3.63) is 42.2 Å². The summed E-state index contributed by atoms with van der Waals surface area (Å²) >= 11 is 0. The highest BCUT2D eigenvalue weighted by Gasteiger charge is 2.42. The van der Waals surface area contributed by atoms with E-state index in [4.69, 9.17) is 0 Å². The smallest absolute Gasteiger partial charge is 0.276 e. The molecule has 1 aromatic carbocycles. The van der Waals surface area contributed by atoms with Gasteiger partial charge in [0.05, 0.1) is 30.6 Å². The maximum absolute atomic E-state index is 12.2. The van der Waals surface area contributed by atoms with E-state index in [1.165, 1.54) is 11.0 Å². The van der Waals surface area contributed by atoms with E-state index in [2.05, 4.69) is 10.2 Å². The fourth-order valence-electron chi connectivity index (χ4n) is 2.24. The SMILES string of the molecule is CCC1(O)CN(C(=O)c2cnn(-c3ccccc3)n2)C1. The third kappa shape index (κ3) is 2.18. The molecule has 0 bridgehead atoms. The van der Waals surface area contributed by atoms with Crippen LogP contribution in [0.15, 0.2) is 36.5 Å².